The van der Waals surface area contributed by atoms with Crippen LogP contribution < -0.4 is 0 Å². The summed E-state index contributed by atoms with van der Waals surface area (Å²) in [6, 6.07) is 7.80. The molecule has 1 saturated heterocycles. The number of benzene rings is 1. The van der Waals surface area contributed by atoms with E-state index in [-0.39, 0.29) is 5.56 Å². The van der Waals surface area contributed by atoms with Crippen LogP contribution in [0.25, 0.3) is 0 Å². The minimum absolute atomic E-state index is 0.0820. The van der Waals surface area contributed by atoms with Crippen molar-refractivity contribution in [3.63, 3.8) is 0 Å². The second kappa shape index (κ2) is 12.3. The molecular weight excluding hydrogens is 608 g/mol. The van der Waals surface area contributed by atoms with Gasteiger partial charge in [-0.1, -0.05) is 18.2 Å². The highest BCUT2D eigenvalue weighted by molar-refractivity contribution is 5.89. The van der Waals surface area contributed by atoms with E-state index < -0.39 is 107 Å². The summed E-state index contributed by atoms with van der Waals surface area (Å²) < 4.78 is 41.9. The molecule has 0 aromatic heterocycles. The molecule has 14 nitrogen and oxygen atoms in total. The molecule has 3 fully saturated rings. The minimum Gasteiger partial charge on any atom is -0.465 e. The van der Waals surface area contributed by atoms with E-state index in [0.717, 1.165) is 34.6 Å². The van der Waals surface area contributed by atoms with Crippen LogP contribution in [0.15, 0.2) is 30.3 Å². The lowest BCUT2D eigenvalue weighted by Gasteiger charge is -2.66. The molecule has 1 aromatic rings. The standard InChI is InChI=1S/C32H40O14/c1-16(33)40-15-31-25(43-19(4)36)22(41-17(2)34)14-30(8,39)32(31)26(44-20(5)37)23(29(6,7)46-32)24(42-18(3)35)27(31)45-28(38)21-12-10-9-11-13-21/h9-13,22-27,39H,14-15H2,1-8H3/t22-,23-,24-,25-,26+,27-,30-,31-,32+/m0/s1. The molecule has 1 heterocycles. The zero-order chi connectivity index (χ0) is 34.4. The Balaban J connectivity index is 2.18. The summed E-state index contributed by atoms with van der Waals surface area (Å²) in [4.78, 5) is 77.1. The molecule has 0 amide bonds. The number of esters is 6. The quantitative estimate of drug-likeness (QED) is 0.318. The average Bonchev–Trinajstić information content (AvgIpc) is 3.12. The van der Waals surface area contributed by atoms with Crippen molar-refractivity contribution in [3.05, 3.63) is 35.9 Å². The molecule has 1 N–H and O–H groups in total. The Labute approximate surface area is 265 Å². The van der Waals surface area contributed by atoms with E-state index in [1.165, 1.54) is 19.1 Å². The molecule has 46 heavy (non-hydrogen) atoms. The van der Waals surface area contributed by atoms with Crippen molar-refractivity contribution in [2.24, 2.45) is 11.3 Å². The van der Waals surface area contributed by atoms with Crippen LogP contribution in [0.4, 0.5) is 0 Å². The molecule has 0 unspecified atom stereocenters. The SMILES string of the molecule is CC(=O)OC[C@]12[C@@H](OC(=O)c3ccccc3)[C@@H](OC(C)=O)[C@H]3[C@@H](OC(C)=O)[C@@]1(OC3(C)C)[C@@](C)(O)C[C@H](OC(C)=O)[C@@H]2OC(C)=O. The molecular formula is C32H40O14. The first-order chi connectivity index (χ1) is 21.3. The van der Waals surface area contributed by atoms with Crippen molar-refractivity contribution in [2.75, 3.05) is 6.61 Å². The van der Waals surface area contributed by atoms with Crippen LogP contribution in [0.5, 0.6) is 0 Å². The third kappa shape index (κ3) is 5.72. The molecule has 1 aliphatic heterocycles. The van der Waals surface area contributed by atoms with Gasteiger partial charge in [-0.25, -0.2) is 4.79 Å². The van der Waals surface area contributed by atoms with Gasteiger partial charge in [0.1, 0.15) is 30.3 Å². The van der Waals surface area contributed by atoms with Crippen LogP contribution in [0.2, 0.25) is 0 Å². The Morgan fingerprint density at radius 2 is 1.28 bits per heavy atom. The van der Waals surface area contributed by atoms with Crippen LogP contribution in [0.1, 0.15) is 72.2 Å². The van der Waals surface area contributed by atoms with Crippen LogP contribution in [0.3, 0.4) is 0 Å². The molecule has 252 valence electrons. The van der Waals surface area contributed by atoms with Crippen LogP contribution >= 0.6 is 0 Å². The fraction of sp³-hybridized carbons (Fsp3) is 0.625. The smallest absolute Gasteiger partial charge is 0.338 e. The first-order valence-electron chi connectivity index (χ1n) is 14.8. The molecule has 1 aromatic carbocycles. The highest BCUT2D eigenvalue weighted by atomic mass is 16.7. The summed E-state index contributed by atoms with van der Waals surface area (Å²) in [5.41, 5.74) is -7.92. The Morgan fingerprint density at radius 3 is 1.80 bits per heavy atom. The van der Waals surface area contributed by atoms with E-state index in [2.05, 4.69) is 0 Å². The van der Waals surface area contributed by atoms with E-state index in [1.54, 1.807) is 32.0 Å². The maximum atomic E-state index is 13.8. The Hall–Kier alpha value is -4.04. The lowest BCUT2D eigenvalue weighted by Crippen LogP contribution is -2.85. The summed E-state index contributed by atoms with van der Waals surface area (Å²) in [5, 5.41) is 12.5. The van der Waals surface area contributed by atoms with Gasteiger partial charge in [0.2, 0.25) is 0 Å². The fourth-order valence-electron chi connectivity index (χ4n) is 7.81. The highest BCUT2D eigenvalue weighted by Crippen LogP contribution is 2.69. The highest BCUT2D eigenvalue weighted by Gasteiger charge is 2.89. The van der Waals surface area contributed by atoms with Crippen LogP contribution in [-0.2, 0) is 57.1 Å². The Morgan fingerprint density at radius 1 is 0.739 bits per heavy atom. The Bertz CT molecular complexity index is 1400. The molecule has 2 saturated carbocycles. The van der Waals surface area contributed by atoms with Crippen molar-refractivity contribution in [1.29, 1.82) is 0 Å². The lowest BCUT2D eigenvalue weighted by atomic mass is 9.45. The number of rotatable bonds is 8. The maximum Gasteiger partial charge on any atom is 0.338 e. The minimum atomic E-state index is -2.25. The monoisotopic (exact) mass is 648 g/mol. The number of carbonyl (C=O) groups excluding carboxylic acids is 6. The normalized spacial score (nSPS) is 35.5. The van der Waals surface area contributed by atoms with Crippen molar-refractivity contribution >= 4 is 35.8 Å². The molecule has 2 bridgehead atoms. The molecule has 4 rings (SSSR count). The van der Waals surface area contributed by atoms with E-state index in [9.17, 15) is 33.9 Å². The molecule has 9 atom stereocenters. The van der Waals surface area contributed by atoms with Gasteiger partial charge < -0.3 is 38.3 Å². The largest absolute Gasteiger partial charge is 0.465 e. The number of carbonyl (C=O) groups is 6. The first kappa shape index (κ1) is 34.8. The summed E-state index contributed by atoms with van der Waals surface area (Å²) >= 11 is 0. The predicted molar refractivity (Wildman–Crippen MR) is 154 cm³/mol. The zero-order valence-electron chi connectivity index (χ0n) is 27.0. The van der Waals surface area contributed by atoms with E-state index >= 15 is 0 Å². The number of aliphatic hydroxyl groups is 1. The fourth-order valence-corrected chi connectivity index (χ4v) is 7.81. The van der Waals surface area contributed by atoms with Gasteiger partial charge in [0, 0.05) is 41.0 Å². The van der Waals surface area contributed by atoms with Crippen LogP contribution in [-0.4, -0.2) is 94.9 Å². The Kier molecular flexibility index (Phi) is 9.30. The topological polar surface area (TPSA) is 187 Å². The third-order valence-corrected chi connectivity index (χ3v) is 9.01. The van der Waals surface area contributed by atoms with Gasteiger partial charge >= 0.3 is 35.8 Å². The number of ether oxygens (including phenoxy) is 7. The zero-order valence-corrected chi connectivity index (χ0v) is 27.0. The van der Waals surface area contributed by atoms with E-state index in [0.29, 0.717) is 0 Å². The van der Waals surface area contributed by atoms with Crippen molar-refractivity contribution in [2.45, 2.75) is 109 Å². The van der Waals surface area contributed by atoms with Gasteiger partial charge in [-0.2, -0.15) is 0 Å². The van der Waals surface area contributed by atoms with E-state index in [1.807, 2.05) is 0 Å². The van der Waals surface area contributed by atoms with Gasteiger partial charge in [0.25, 0.3) is 0 Å². The predicted octanol–water partition coefficient (Wildman–Crippen LogP) is 1.82. The molecule has 2 aliphatic carbocycles. The third-order valence-electron chi connectivity index (χ3n) is 9.01. The van der Waals surface area contributed by atoms with Gasteiger partial charge in [-0.05, 0) is 32.9 Å². The van der Waals surface area contributed by atoms with Crippen LogP contribution in [0, 0.1) is 11.3 Å². The summed E-state index contributed by atoms with van der Waals surface area (Å²) in [6.45, 7) is 9.26. The summed E-state index contributed by atoms with van der Waals surface area (Å²) in [5.74, 6) is -6.19. The van der Waals surface area contributed by atoms with Gasteiger partial charge in [0.15, 0.2) is 17.8 Å². The number of hydrogen-bond acceptors (Lipinski definition) is 14. The second-order valence-electron chi connectivity index (χ2n) is 12.7. The number of fused-ring (bicyclic) bond motifs is 1. The lowest BCUT2D eigenvalue weighted by molar-refractivity contribution is -0.363. The number of hydrogen-bond donors (Lipinski definition) is 1. The summed E-state index contributed by atoms with van der Waals surface area (Å²) in [7, 11) is 0. The first-order valence-corrected chi connectivity index (χ1v) is 14.8. The van der Waals surface area contributed by atoms with E-state index in [4.69, 9.17) is 33.2 Å². The van der Waals surface area contributed by atoms with Crippen molar-refractivity contribution in [1.82, 2.24) is 0 Å². The van der Waals surface area contributed by atoms with Crippen molar-refractivity contribution in [3.8, 4) is 0 Å². The van der Waals surface area contributed by atoms with Gasteiger partial charge in [-0.3, -0.25) is 24.0 Å². The molecule has 0 radical (unpaired) electrons. The average molecular weight is 649 g/mol. The second-order valence-corrected chi connectivity index (χ2v) is 12.7. The van der Waals surface area contributed by atoms with Gasteiger partial charge in [0.05, 0.1) is 22.7 Å². The molecule has 3 aliphatic rings. The maximum absolute atomic E-state index is 13.8. The van der Waals surface area contributed by atoms with Gasteiger partial charge in [-0.15, -0.1) is 0 Å². The summed E-state index contributed by atoms with van der Waals surface area (Å²) in [6.07, 6.45) is -8.28. The molecule has 14 heteroatoms. The van der Waals surface area contributed by atoms with Crippen molar-refractivity contribution < 1.29 is 67.0 Å². The molecule has 1 spiro atoms.